The van der Waals surface area contributed by atoms with E-state index in [9.17, 15) is 10.0 Å². The first-order chi connectivity index (χ1) is 25.1. The first-order valence-electron chi connectivity index (χ1n) is 17.0. The van der Waals surface area contributed by atoms with Crippen molar-refractivity contribution in [3.8, 4) is 34.0 Å². The van der Waals surface area contributed by atoms with Gasteiger partial charge in [0.05, 0.1) is 33.3 Å². The highest BCUT2D eigenvalue weighted by atomic mass is 16.4. The van der Waals surface area contributed by atoms with Crippen LogP contribution >= 0.6 is 0 Å². The van der Waals surface area contributed by atoms with E-state index in [1.165, 1.54) is 0 Å². The van der Waals surface area contributed by atoms with Crippen LogP contribution in [0.3, 0.4) is 0 Å². The molecule has 0 atom stereocenters. The summed E-state index contributed by atoms with van der Waals surface area (Å²) in [5.74, 6) is 0.628. The Labute approximate surface area is 293 Å². The molecule has 3 aromatic heterocycles. The molecule has 10 aromatic rings. The highest BCUT2D eigenvalue weighted by Gasteiger charge is 2.20. The van der Waals surface area contributed by atoms with Gasteiger partial charge in [-0.2, -0.15) is 0 Å². The predicted octanol–water partition coefficient (Wildman–Crippen LogP) is 8.84. The highest BCUT2D eigenvalue weighted by Crippen LogP contribution is 2.38. The van der Waals surface area contributed by atoms with Crippen LogP contribution in [0.2, 0.25) is 0 Å². The second-order valence-corrected chi connectivity index (χ2v) is 12.9. The number of hydrogen-bond donors (Lipinski definition) is 2. The first kappa shape index (κ1) is 29.4. The zero-order chi connectivity index (χ0) is 34.1. The number of nitrogens with zero attached hydrogens (tertiary/aromatic N) is 4. The summed E-state index contributed by atoms with van der Waals surface area (Å²) >= 11 is 0. The van der Waals surface area contributed by atoms with Gasteiger partial charge in [-0.3, -0.25) is 4.57 Å². The predicted molar refractivity (Wildman–Crippen MR) is 209 cm³/mol. The lowest BCUT2D eigenvalue weighted by molar-refractivity contribution is 0.426. The third-order valence-electron chi connectivity index (χ3n) is 9.95. The van der Waals surface area contributed by atoms with Gasteiger partial charge in [0.1, 0.15) is 0 Å². The van der Waals surface area contributed by atoms with E-state index < -0.39 is 7.12 Å². The summed E-state index contributed by atoms with van der Waals surface area (Å²) in [5.41, 5.74) is 10.6. The molecule has 6 nitrogen and oxygen atoms in total. The third kappa shape index (κ3) is 4.67. The number of hydrogen-bond acceptors (Lipinski definition) is 4. The van der Waals surface area contributed by atoms with Crippen molar-refractivity contribution in [3.05, 3.63) is 164 Å². The summed E-state index contributed by atoms with van der Waals surface area (Å²) in [6, 6.07) is 55.9. The van der Waals surface area contributed by atoms with Gasteiger partial charge in [0.25, 0.3) is 0 Å². The Kier molecular flexibility index (Phi) is 6.64. The van der Waals surface area contributed by atoms with Gasteiger partial charge in [0.15, 0.2) is 0 Å². The molecule has 0 spiro atoms. The zero-order valence-corrected chi connectivity index (χ0v) is 27.3. The highest BCUT2D eigenvalue weighted by molar-refractivity contribution is 6.59. The fourth-order valence-corrected chi connectivity index (χ4v) is 7.58. The average molecular weight is 657 g/mol. The summed E-state index contributed by atoms with van der Waals surface area (Å²) in [6.07, 6.45) is 0. The number of benzene rings is 7. The maximum absolute atomic E-state index is 10.0. The Morgan fingerprint density at radius 2 is 0.961 bits per heavy atom. The van der Waals surface area contributed by atoms with E-state index in [1.54, 1.807) is 6.07 Å². The Balaban J connectivity index is 1.18. The van der Waals surface area contributed by atoms with Crippen LogP contribution in [0.4, 0.5) is 0 Å². The molecule has 0 aliphatic rings. The van der Waals surface area contributed by atoms with Crippen LogP contribution in [0.15, 0.2) is 164 Å². The normalized spacial score (nSPS) is 11.7. The van der Waals surface area contributed by atoms with Crippen molar-refractivity contribution in [3.63, 3.8) is 0 Å². The van der Waals surface area contributed by atoms with Crippen LogP contribution in [0.25, 0.3) is 88.5 Å². The van der Waals surface area contributed by atoms with Crippen molar-refractivity contribution >= 4 is 67.1 Å². The summed E-state index contributed by atoms with van der Waals surface area (Å²) in [5, 5.41) is 25.3. The average Bonchev–Trinajstić information content (AvgIpc) is 3.70. The lowest BCUT2D eigenvalue weighted by atomic mass is 9.80. The SMILES string of the molecule is OB(O)c1ccc2c(c1)c1cc(-c3ccc4c(c3)c3ccccc3n4-c3nc(-c4ccccc4)c4ccccc4n3)ccc1n2-c1ccccc1. The molecule has 0 radical (unpaired) electrons. The fourth-order valence-electron chi connectivity index (χ4n) is 7.58. The van der Waals surface area contributed by atoms with Crippen LogP contribution in [0, 0.1) is 0 Å². The molecule has 7 heteroatoms. The maximum Gasteiger partial charge on any atom is 0.488 e. The molecular formula is C44H29BN4O2. The topological polar surface area (TPSA) is 76.1 Å². The molecule has 0 aliphatic heterocycles. The van der Waals surface area contributed by atoms with Gasteiger partial charge >= 0.3 is 7.12 Å². The minimum Gasteiger partial charge on any atom is -0.423 e. The Morgan fingerprint density at radius 3 is 1.69 bits per heavy atom. The number of rotatable bonds is 5. The molecule has 2 N–H and O–H groups in total. The molecule has 0 saturated heterocycles. The molecule has 51 heavy (non-hydrogen) atoms. The number of para-hydroxylation sites is 3. The van der Waals surface area contributed by atoms with Crippen LogP contribution in [0.5, 0.6) is 0 Å². The third-order valence-corrected chi connectivity index (χ3v) is 9.95. The van der Waals surface area contributed by atoms with Crippen LogP contribution in [0.1, 0.15) is 0 Å². The second-order valence-electron chi connectivity index (χ2n) is 12.9. The van der Waals surface area contributed by atoms with E-state index in [0.717, 1.165) is 82.6 Å². The molecule has 0 unspecified atom stereocenters. The molecule has 0 fully saturated rings. The molecular weight excluding hydrogens is 627 g/mol. The van der Waals surface area contributed by atoms with E-state index in [-0.39, 0.29) is 0 Å². The maximum atomic E-state index is 10.0. The summed E-state index contributed by atoms with van der Waals surface area (Å²) < 4.78 is 4.40. The molecule has 3 heterocycles. The van der Waals surface area contributed by atoms with E-state index in [1.807, 2.05) is 66.7 Å². The molecule has 0 aliphatic carbocycles. The van der Waals surface area contributed by atoms with Crippen molar-refractivity contribution < 1.29 is 10.0 Å². The standard InChI is InChI=1S/C44H29BN4O2/c50-45(51)31-21-24-41-37(27-31)36-26-30(19-22-40(36)48(41)32-13-5-2-6-14-32)29-20-23-42-35(25-29)33-15-8-10-18-39(33)49(42)44-46-38-17-9-7-16-34(38)43(47-44)28-11-3-1-4-12-28/h1-27,50-51H. The van der Waals surface area contributed by atoms with Crippen molar-refractivity contribution in [2.45, 2.75) is 0 Å². The van der Waals surface area contributed by atoms with Crippen molar-refractivity contribution in [1.29, 1.82) is 0 Å². The fraction of sp³-hybridized carbons (Fsp3) is 0. The second kappa shape index (κ2) is 11.5. The lowest BCUT2D eigenvalue weighted by Crippen LogP contribution is -2.29. The van der Waals surface area contributed by atoms with Crippen LogP contribution < -0.4 is 5.46 Å². The molecule has 7 aromatic carbocycles. The molecule has 240 valence electrons. The van der Waals surface area contributed by atoms with Gasteiger partial charge < -0.3 is 14.6 Å². The molecule has 0 amide bonds. The van der Waals surface area contributed by atoms with Crippen molar-refractivity contribution in [1.82, 2.24) is 19.1 Å². The smallest absolute Gasteiger partial charge is 0.423 e. The van der Waals surface area contributed by atoms with E-state index >= 15 is 0 Å². The van der Waals surface area contributed by atoms with Crippen LogP contribution in [-0.2, 0) is 0 Å². The summed E-state index contributed by atoms with van der Waals surface area (Å²) in [7, 11) is -1.55. The largest absolute Gasteiger partial charge is 0.488 e. The van der Waals surface area contributed by atoms with Gasteiger partial charge in [-0.25, -0.2) is 9.97 Å². The Hall–Kier alpha value is -6.54. The van der Waals surface area contributed by atoms with Gasteiger partial charge in [0, 0.05) is 38.2 Å². The van der Waals surface area contributed by atoms with Crippen molar-refractivity contribution in [2.75, 3.05) is 0 Å². The first-order valence-corrected chi connectivity index (χ1v) is 17.0. The Bertz CT molecular complexity index is 2950. The number of fused-ring (bicyclic) bond motifs is 7. The van der Waals surface area contributed by atoms with E-state index in [4.69, 9.17) is 9.97 Å². The number of aromatic nitrogens is 4. The summed E-state index contributed by atoms with van der Waals surface area (Å²) in [4.78, 5) is 10.3. The van der Waals surface area contributed by atoms with E-state index in [0.29, 0.717) is 11.4 Å². The molecule has 0 bridgehead atoms. The van der Waals surface area contributed by atoms with Crippen LogP contribution in [-0.4, -0.2) is 36.3 Å². The van der Waals surface area contributed by atoms with E-state index in [2.05, 4.69) is 100 Å². The van der Waals surface area contributed by atoms with Crippen molar-refractivity contribution in [2.24, 2.45) is 0 Å². The van der Waals surface area contributed by atoms with Gasteiger partial charge in [-0.15, -0.1) is 0 Å². The lowest BCUT2D eigenvalue weighted by Gasteiger charge is -2.12. The van der Waals surface area contributed by atoms with Gasteiger partial charge in [-0.1, -0.05) is 109 Å². The molecule has 0 saturated carbocycles. The summed E-state index contributed by atoms with van der Waals surface area (Å²) in [6.45, 7) is 0. The molecule has 10 rings (SSSR count). The minimum absolute atomic E-state index is 0.459. The van der Waals surface area contributed by atoms with Gasteiger partial charge in [-0.05, 0) is 71.2 Å². The van der Waals surface area contributed by atoms with Gasteiger partial charge in [0.2, 0.25) is 5.95 Å². The quantitative estimate of drug-likeness (QED) is 0.182. The zero-order valence-electron chi connectivity index (χ0n) is 27.3. The monoisotopic (exact) mass is 656 g/mol. The minimum atomic E-state index is -1.55. The Morgan fingerprint density at radius 1 is 0.412 bits per heavy atom.